The van der Waals surface area contributed by atoms with E-state index in [2.05, 4.69) is 58.1 Å². The van der Waals surface area contributed by atoms with Crippen molar-refractivity contribution in [3.63, 3.8) is 0 Å². The molecule has 6 heteroatoms. The molecule has 1 N–H and O–H groups in total. The van der Waals surface area contributed by atoms with Gasteiger partial charge in [-0.25, -0.2) is 0 Å². The first kappa shape index (κ1) is 14.6. The van der Waals surface area contributed by atoms with Gasteiger partial charge < -0.3 is 9.73 Å². The highest BCUT2D eigenvalue weighted by Gasteiger charge is 2.09. The normalized spacial score (nSPS) is 11.2. The van der Waals surface area contributed by atoms with Crippen LogP contribution in [0.5, 0.6) is 0 Å². The van der Waals surface area contributed by atoms with E-state index in [9.17, 15) is 0 Å². The van der Waals surface area contributed by atoms with E-state index in [1.807, 2.05) is 18.3 Å². The van der Waals surface area contributed by atoms with Gasteiger partial charge in [0.1, 0.15) is 5.76 Å². The summed E-state index contributed by atoms with van der Waals surface area (Å²) in [6.45, 7) is 3.41. The average molecular weight is 319 g/mol. The summed E-state index contributed by atoms with van der Waals surface area (Å²) in [4.78, 5) is 0. The van der Waals surface area contributed by atoms with E-state index in [-0.39, 0.29) is 0 Å². The summed E-state index contributed by atoms with van der Waals surface area (Å²) in [5.41, 5.74) is 5.28. The Kier molecular flexibility index (Phi) is 3.80. The van der Waals surface area contributed by atoms with E-state index in [0.717, 1.165) is 28.1 Å². The van der Waals surface area contributed by atoms with Crippen LogP contribution in [-0.4, -0.2) is 20.0 Å². The van der Waals surface area contributed by atoms with Gasteiger partial charge in [-0.15, -0.1) is 5.10 Å². The summed E-state index contributed by atoms with van der Waals surface area (Å²) in [6.07, 6.45) is 3.64. The van der Waals surface area contributed by atoms with Gasteiger partial charge in [0.05, 0.1) is 12.8 Å². The van der Waals surface area contributed by atoms with Crippen molar-refractivity contribution in [1.82, 2.24) is 25.4 Å². The SMILES string of the molecule is Cc1cccc(-c2cc(CNCc3ccco3)c3nnnn3c2)c1. The number of nitrogens with zero attached hydrogens (tertiary/aromatic N) is 4. The Morgan fingerprint density at radius 2 is 2.04 bits per heavy atom. The van der Waals surface area contributed by atoms with Crippen molar-refractivity contribution in [3.05, 3.63) is 71.8 Å². The molecule has 0 amide bonds. The number of tetrazole rings is 1. The molecule has 0 atom stereocenters. The predicted octanol–water partition coefficient (Wildman–Crippen LogP) is 2.98. The van der Waals surface area contributed by atoms with Gasteiger partial charge in [0.2, 0.25) is 0 Å². The molecular formula is C18H17N5O. The third-order valence-electron chi connectivity index (χ3n) is 3.92. The maximum atomic E-state index is 5.34. The smallest absolute Gasteiger partial charge is 0.183 e. The van der Waals surface area contributed by atoms with Crippen LogP contribution in [0.25, 0.3) is 16.8 Å². The highest BCUT2D eigenvalue weighted by atomic mass is 16.3. The largest absolute Gasteiger partial charge is 0.468 e. The van der Waals surface area contributed by atoms with Gasteiger partial charge in [0.15, 0.2) is 5.65 Å². The molecule has 3 heterocycles. The molecule has 0 fully saturated rings. The fourth-order valence-electron chi connectivity index (χ4n) is 2.76. The number of fused-ring (bicyclic) bond motifs is 1. The quantitative estimate of drug-likeness (QED) is 0.612. The standard InChI is InChI=1S/C18H17N5O/c1-13-4-2-5-14(8-13)16-9-15(18-20-21-22-23(18)12-16)10-19-11-17-6-3-7-24-17/h2-9,12,19H,10-11H2,1H3. The number of aromatic nitrogens is 4. The lowest BCUT2D eigenvalue weighted by atomic mass is 10.0. The fraction of sp³-hybridized carbons (Fsp3) is 0.167. The molecule has 1 aromatic carbocycles. The number of aryl methyl sites for hydroxylation is 1. The van der Waals surface area contributed by atoms with Gasteiger partial charge in [-0.1, -0.05) is 29.8 Å². The summed E-state index contributed by atoms with van der Waals surface area (Å²) in [6, 6.07) is 14.4. The van der Waals surface area contributed by atoms with Gasteiger partial charge in [-0.2, -0.15) is 4.52 Å². The summed E-state index contributed by atoms with van der Waals surface area (Å²) in [5, 5.41) is 15.3. The molecule has 0 radical (unpaired) electrons. The zero-order chi connectivity index (χ0) is 16.4. The fourth-order valence-corrected chi connectivity index (χ4v) is 2.76. The number of hydrogen-bond acceptors (Lipinski definition) is 5. The van der Waals surface area contributed by atoms with E-state index in [0.29, 0.717) is 13.1 Å². The first-order chi connectivity index (χ1) is 11.8. The van der Waals surface area contributed by atoms with Crippen LogP contribution < -0.4 is 5.32 Å². The average Bonchev–Trinajstić information content (AvgIpc) is 3.26. The minimum Gasteiger partial charge on any atom is -0.468 e. The number of pyridine rings is 1. The van der Waals surface area contributed by atoms with Crippen molar-refractivity contribution in [2.24, 2.45) is 0 Å². The lowest BCUT2D eigenvalue weighted by molar-refractivity contribution is 0.483. The van der Waals surface area contributed by atoms with Gasteiger partial charge in [0, 0.05) is 23.9 Å². The van der Waals surface area contributed by atoms with Crippen molar-refractivity contribution in [2.75, 3.05) is 0 Å². The molecule has 0 aliphatic rings. The Hall–Kier alpha value is -2.99. The molecule has 6 nitrogen and oxygen atoms in total. The Morgan fingerprint density at radius 1 is 1.08 bits per heavy atom. The molecule has 0 saturated heterocycles. The number of rotatable bonds is 5. The van der Waals surface area contributed by atoms with E-state index >= 15 is 0 Å². The van der Waals surface area contributed by atoms with Gasteiger partial charge in [-0.05, 0) is 41.1 Å². The maximum absolute atomic E-state index is 5.34. The molecule has 4 rings (SSSR count). The molecule has 0 aliphatic carbocycles. The molecule has 120 valence electrons. The van der Waals surface area contributed by atoms with Crippen LogP contribution in [0.15, 0.2) is 59.3 Å². The third-order valence-corrected chi connectivity index (χ3v) is 3.92. The lowest BCUT2D eigenvalue weighted by Crippen LogP contribution is -2.13. The molecule has 3 aromatic heterocycles. The van der Waals surface area contributed by atoms with Crippen molar-refractivity contribution in [3.8, 4) is 11.1 Å². The summed E-state index contributed by atoms with van der Waals surface area (Å²) >= 11 is 0. The van der Waals surface area contributed by atoms with Crippen molar-refractivity contribution in [2.45, 2.75) is 20.0 Å². The van der Waals surface area contributed by atoms with Crippen molar-refractivity contribution in [1.29, 1.82) is 0 Å². The molecule has 4 aromatic rings. The van der Waals surface area contributed by atoms with Gasteiger partial charge in [0.25, 0.3) is 0 Å². The molecule has 24 heavy (non-hydrogen) atoms. The first-order valence-electron chi connectivity index (χ1n) is 7.80. The van der Waals surface area contributed by atoms with Crippen LogP contribution in [0.1, 0.15) is 16.9 Å². The molecule has 0 bridgehead atoms. The molecule has 0 spiro atoms. The molecule has 0 aliphatic heterocycles. The van der Waals surface area contributed by atoms with Crippen LogP contribution in [0.4, 0.5) is 0 Å². The van der Waals surface area contributed by atoms with Crippen LogP contribution in [-0.2, 0) is 13.1 Å². The van der Waals surface area contributed by atoms with Crippen molar-refractivity contribution < 1.29 is 4.42 Å². The van der Waals surface area contributed by atoms with Gasteiger partial charge in [-0.3, -0.25) is 0 Å². The Bertz CT molecular complexity index is 959. The second-order valence-corrected chi connectivity index (χ2v) is 5.75. The second kappa shape index (κ2) is 6.25. The second-order valence-electron chi connectivity index (χ2n) is 5.75. The predicted molar refractivity (Wildman–Crippen MR) is 90.2 cm³/mol. The highest BCUT2D eigenvalue weighted by molar-refractivity contribution is 5.67. The van der Waals surface area contributed by atoms with Crippen LogP contribution in [0, 0.1) is 6.92 Å². The zero-order valence-electron chi connectivity index (χ0n) is 13.3. The maximum Gasteiger partial charge on any atom is 0.183 e. The van der Waals surface area contributed by atoms with Crippen LogP contribution >= 0.6 is 0 Å². The van der Waals surface area contributed by atoms with E-state index in [1.165, 1.54) is 5.56 Å². The van der Waals surface area contributed by atoms with E-state index < -0.39 is 0 Å². The topological polar surface area (TPSA) is 68.2 Å². The Labute approximate surface area is 139 Å². The summed E-state index contributed by atoms with van der Waals surface area (Å²) in [7, 11) is 0. The minimum atomic E-state index is 0.657. The van der Waals surface area contributed by atoms with E-state index in [4.69, 9.17) is 4.42 Å². The zero-order valence-corrected chi connectivity index (χ0v) is 13.3. The summed E-state index contributed by atoms with van der Waals surface area (Å²) in [5.74, 6) is 0.903. The minimum absolute atomic E-state index is 0.657. The summed E-state index contributed by atoms with van der Waals surface area (Å²) < 4.78 is 7.07. The first-order valence-corrected chi connectivity index (χ1v) is 7.80. The molecular weight excluding hydrogens is 302 g/mol. The highest BCUT2D eigenvalue weighted by Crippen LogP contribution is 2.23. The monoisotopic (exact) mass is 319 g/mol. The van der Waals surface area contributed by atoms with Crippen molar-refractivity contribution >= 4 is 5.65 Å². The molecule has 0 unspecified atom stereocenters. The van der Waals surface area contributed by atoms with Crippen LogP contribution in [0.3, 0.4) is 0 Å². The number of benzene rings is 1. The third kappa shape index (κ3) is 2.91. The number of nitrogens with one attached hydrogen (secondary N) is 1. The Balaban J connectivity index is 1.65. The number of furan rings is 1. The van der Waals surface area contributed by atoms with Gasteiger partial charge >= 0.3 is 0 Å². The molecule has 0 saturated carbocycles. The van der Waals surface area contributed by atoms with E-state index in [1.54, 1.807) is 10.8 Å². The number of hydrogen-bond donors (Lipinski definition) is 1. The lowest BCUT2D eigenvalue weighted by Gasteiger charge is -2.08. The van der Waals surface area contributed by atoms with Crippen LogP contribution in [0.2, 0.25) is 0 Å². The Morgan fingerprint density at radius 3 is 2.88 bits per heavy atom.